The van der Waals surface area contributed by atoms with Gasteiger partial charge in [0.2, 0.25) is 10.0 Å². The molecule has 20 heavy (non-hydrogen) atoms. The minimum atomic E-state index is -3.34. The van der Waals surface area contributed by atoms with E-state index in [1.165, 1.54) is 11.3 Å². The summed E-state index contributed by atoms with van der Waals surface area (Å²) in [7, 11) is -3.34. The highest BCUT2D eigenvalue weighted by molar-refractivity contribution is 7.89. The SMILES string of the molecule is O=S(=O)(CC1CCCO1)NCc1sccc1C#CCO. The number of nitrogens with one attached hydrogen (secondary N) is 1. The van der Waals surface area contributed by atoms with Crippen molar-refractivity contribution in [3.8, 4) is 11.8 Å². The van der Waals surface area contributed by atoms with Gasteiger partial charge in [-0.05, 0) is 24.3 Å². The zero-order valence-corrected chi connectivity index (χ0v) is 12.6. The summed E-state index contributed by atoms with van der Waals surface area (Å²) in [5, 5.41) is 10.5. The van der Waals surface area contributed by atoms with Crippen LogP contribution in [-0.2, 0) is 21.3 Å². The van der Waals surface area contributed by atoms with Crippen molar-refractivity contribution in [2.24, 2.45) is 0 Å². The lowest BCUT2D eigenvalue weighted by Gasteiger charge is -2.10. The molecule has 0 spiro atoms. The second kappa shape index (κ2) is 7.20. The van der Waals surface area contributed by atoms with Crippen LogP contribution in [0, 0.1) is 11.8 Å². The Morgan fingerprint density at radius 3 is 3.10 bits per heavy atom. The van der Waals surface area contributed by atoms with Gasteiger partial charge in [0.1, 0.15) is 6.61 Å². The van der Waals surface area contributed by atoms with Gasteiger partial charge in [0, 0.05) is 23.6 Å². The third-order valence-electron chi connectivity index (χ3n) is 2.93. The maximum Gasteiger partial charge on any atom is 0.214 e. The number of aliphatic hydroxyl groups excluding tert-OH is 1. The van der Waals surface area contributed by atoms with Crippen LogP contribution >= 0.6 is 11.3 Å². The molecule has 1 aliphatic rings. The summed E-state index contributed by atoms with van der Waals surface area (Å²) in [5.74, 6) is 5.38. The number of hydrogen-bond acceptors (Lipinski definition) is 5. The van der Waals surface area contributed by atoms with E-state index < -0.39 is 10.0 Å². The molecule has 2 N–H and O–H groups in total. The Hall–Kier alpha value is -0.910. The Morgan fingerprint density at radius 2 is 2.40 bits per heavy atom. The first-order valence-electron chi connectivity index (χ1n) is 6.36. The molecule has 1 aliphatic heterocycles. The predicted molar refractivity (Wildman–Crippen MR) is 77.9 cm³/mol. The van der Waals surface area contributed by atoms with Gasteiger partial charge in [0.25, 0.3) is 0 Å². The van der Waals surface area contributed by atoms with E-state index in [1.54, 1.807) is 0 Å². The van der Waals surface area contributed by atoms with Crippen LogP contribution < -0.4 is 4.72 Å². The van der Waals surface area contributed by atoms with Crippen LogP contribution in [0.2, 0.25) is 0 Å². The van der Waals surface area contributed by atoms with Crippen LogP contribution in [-0.4, -0.2) is 38.6 Å². The lowest BCUT2D eigenvalue weighted by Crippen LogP contribution is -2.31. The summed E-state index contributed by atoms with van der Waals surface area (Å²) in [5.41, 5.74) is 0.754. The highest BCUT2D eigenvalue weighted by Crippen LogP contribution is 2.17. The summed E-state index contributed by atoms with van der Waals surface area (Å²) >= 11 is 1.44. The van der Waals surface area contributed by atoms with Crippen molar-refractivity contribution in [2.45, 2.75) is 25.5 Å². The largest absolute Gasteiger partial charge is 0.384 e. The zero-order chi connectivity index (χ0) is 14.4. The molecule has 0 aromatic carbocycles. The smallest absolute Gasteiger partial charge is 0.214 e. The van der Waals surface area contributed by atoms with Gasteiger partial charge in [-0.25, -0.2) is 13.1 Å². The van der Waals surface area contributed by atoms with Crippen molar-refractivity contribution < 1.29 is 18.3 Å². The van der Waals surface area contributed by atoms with Crippen LogP contribution in [0.1, 0.15) is 23.3 Å². The van der Waals surface area contributed by atoms with Gasteiger partial charge >= 0.3 is 0 Å². The molecule has 1 saturated heterocycles. The molecule has 5 nitrogen and oxygen atoms in total. The number of hydrogen-bond donors (Lipinski definition) is 2. The van der Waals surface area contributed by atoms with Gasteiger partial charge < -0.3 is 9.84 Å². The molecule has 0 aliphatic carbocycles. The predicted octanol–water partition coefficient (Wildman–Crippen LogP) is 0.690. The maximum atomic E-state index is 11.9. The van der Waals surface area contributed by atoms with Gasteiger partial charge in [-0.3, -0.25) is 0 Å². The highest BCUT2D eigenvalue weighted by Gasteiger charge is 2.23. The van der Waals surface area contributed by atoms with Crippen molar-refractivity contribution >= 4 is 21.4 Å². The number of aliphatic hydroxyl groups is 1. The Kier molecular flexibility index (Phi) is 5.57. The van der Waals surface area contributed by atoms with E-state index in [4.69, 9.17) is 9.84 Å². The van der Waals surface area contributed by atoms with Crippen LogP contribution in [0.15, 0.2) is 11.4 Å². The number of sulfonamides is 1. The molecule has 7 heteroatoms. The van der Waals surface area contributed by atoms with E-state index in [1.807, 2.05) is 11.4 Å². The van der Waals surface area contributed by atoms with E-state index in [0.717, 1.165) is 23.3 Å². The molecule has 1 unspecified atom stereocenters. The first kappa shape index (κ1) is 15.5. The summed E-state index contributed by atoms with van der Waals surface area (Å²) in [6.45, 7) is 0.661. The summed E-state index contributed by atoms with van der Waals surface area (Å²) in [6.07, 6.45) is 1.53. The minimum absolute atomic E-state index is 0.00995. The molecule has 0 amide bonds. The molecule has 1 atom stereocenters. The quantitative estimate of drug-likeness (QED) is 0.784. The van der Waals surface area contributed by atoms with E-state index >= 15 is 0 Å². The number of ether oxygens (including phenoxy) is 1. The highest BCUT2D eigenvalue weighted by atomic mass is 32.2. The maximum absolute atomic E-state index is 11.9. The Labute approximate surface area is 123 Å². The van der Waals surface area contributed by atoms with Crippen molar-refractivity contribution in [1.29, 1.82) is 0 Å². The van der Waals surface area contributed by atoms with E-state index in [2.05, 4.69) is 16.6 Å². The summed E-state index contributed by atoms with van der Waals surface area (Å²) in [4.78, 5) is 0.849. The first-order valence-corrected chi connectivity index (χ1v) is 8.89. The third-order valence-corrected chi connectivity index (χ3v) is 5.25. The van der Waals surface area contributed by atoms with E-state index in [9.17, 15) is 8.42 Å². The molecule has 0 saturated carbocycles. The van der Waals surface area contributed by atoms with E-state index in [0.29, 0.717) is 6.61 Å². The monoisotopic (exact) mass is 315 g/mol. The normalized spacial score (nSPS) is 18.8. The van der Waals surface area contributed by atoms with Crippen LogP contribution in [0.25, 0.3) is 0 Å². The van der Waals surface area contributed by atoms with Crippen LogP contribution in [0.4, 0.5) is 0 Å². The molecule has 0 bridgehead atoms. The molecule has 1 aromatic heterocycles. The average Bonchev–Trinajstić information content (AvgIpc) is 3.04. The zero-order valence-electron chi connectivity index (χ0n) is 11.0. The molecule has 2 rings (SSSR count). The van der Waals surface area contributed by atoms with Gasteiger partial charge in [0.15, 0.2) is 0 Å². The minimum Gasteiger partial charge on any atom is -0.384 e. The Bertz CT molecular complexity index is 591. The summed E-state index contributed by atoms with van der Waals surface area (Å²) < 4.78 is 31.8. The van der Waals surface area contributed by atoms with Crippen LogP contribution in [0.5, 0.6) is 0 Å². The van der Waals surface area contributed by atoms with Crippen molar-refractivity contribution in [1.82, 2.24) is 4.72 Å². The van der Waals surface area contributed by atoms with E-state index in [-0.39, 0.29) is 25.0 Å². The Morgan fingerprint density at radius 1 is 1.55 bits per heavy atom. The molecule has 0 radical (unpaired) electrons. The molecule has 1 aromatic rings. The van der Waals surface area contributed by atoms with Gasteiger partial charge in [0.05, 0.1) is 11.9 Å². The van der Waals surface area contributed by atoms with Crippen molar-refractivity contribution in [3.63, 3.8) is 0 Å². The molecular formula is C13H17NO4S2. The topological polar surface area (TPSA) is 75.6 Å². The van der Waals surface area contributed by atoms with Crippen molar-refractivity contribution in [3.05, 3.63) is 21.9 Å². The number of rotatable bonds is 5. The fraction of sp³-hybridized carbons (Fsp3) is 0.538. The molecule has 2 heterocycles. The standard InChI is InChI=1S/C13H17NO4S2/c15-6-1-3-11-5-8-19-13(11)9-14-20(16,17)10-12-4-2-7-18-12/h5,8,12,14-15H,2,4,6-7,9-10H2. The van der Waals surface area contributed by atoms with Gasteiger partial charge in [-0.15, -0.1) is 11.3 Å². The third kappa shape index (κ3) is 4.58. The first-order chi connectivity index (χ1) is 9.61. The molecule has 1 fully saturated rings. The number of thiophene rings is 1. The molecule has 110 valence electrons. The Balaban J connectivity index is 1.92. The second-order valence-corrected chi connectivity index (χ2v) is 7.31. The summed E-state index contributed by atoms with van der Waals surface area (Å²) in [6, 6.07) is 1.82. The molecular weight excluding hydrogens is 298 g/mol. The lowest BCUT2D eigenvalue weighted by atomic mass is 10.2. The van der Waals surface area contributed by atoms with Crippen LogP contribution in [0.3, 0.4) is 0 Å². The van der Waals surface area contributed by atoms with Gasteiger partial charge in [-0.1, -0.05) is 11.8 Å². The average molecular weight is 315 g/mol. The van der Waals surface area contributed by atoms with Gasteiger partial charge in [-0.2, -0.15) is 0 Å². The fourth-order valence-electron chi connectivity index (χ4n) is 1.98. The fourth-order valence-corrected chi connectivity index (χ4v) is 4.07. The lowest BCUT2D eigenvalue weighted by molar-refractivity contribution is 0.127. The second-order valence-electron chi connectivity index (χ2n) is 4.45. The van der Waals surface area contributed by atoms with Crippen molar-refractivity contribution in [2.75, 3.05) is 19.0 Å².